The van der Waals surface area contributed by atoms with Crippen LogP contribution in [-0.2, 0) is 6.54 Å². The van der Waals surface area contributed by atoms with E-state index < -0.39 is 0 Å². The average molecular weight is 361 g/mol. The lowest BCUT2D eigenvalue weighted by Crippen LogP contribution is -2.32. The topological polar surface area (TPSA) is 63.9 Å². The molecule has 4 rings (SSSR count). The second kappa shape index (κ2) is 7.31. The molecular weight excluding hydrogens is 338 g/mol. The van der Waals surface area contributed by atoms with Gasteiger partial charge >= 0.3 is 0 Å². The lowest BCUT2D eigenvalue weighted by Gasteiger charge is -2.23. The Morgan fingerprint density at radius 2 is 1.81 bits per heavy atom. The molecule has 1 saturated carbocycles. The van der Waals surface area contributed by atoms with Crippen molar-refractivity contribution in [2.45, 2.75) is 45.2 Å². The van der Waals surface area contributed by atoms with Crippen LogP contribution in [0.3, 0.4) is 0 Å². The van der Waals surface area contributed by atoms with Gasteiger partial charge in [-0.15, -0.1) is 5.10 Å². The van der Waals surface area contributed by atoms with Crippen molar-refractivity contribution in [3.63, 3.8) is 0 Å². The van der Waals surface area contributed by atoms with Gasteiger partial charge in [0.1, 0.15) is 6.33 Å². The van der Waals surface area contributed by atoms with Gasteiger partial charge in [0.05, 0.1) is 5.69 Å². The van der Waals surface area contributed by atoms with Gasteiger partial charge in [-0.2, -0.15) is 0 Å². The molecule has 3 aromatic rings. The van der Waals surface area contributed by atoms with Crippen molar-refractivity contribution in [3.05, 3.63) is 71.5 Å². The Labute approximate surface area is 158 Å². The number of nitrogens with zero attached hydrogens (tertiary/aromatic N) is 5. The van der Waals surface area contributed by atoms with Crippen LogP contribution in [0.1, 0.15) is 54.1 Å². The number of aromatic nitrogens is 4. The Morgan fingerprint density at radius 1 is 1.11 bits per heavy atom. The molecule has 0 radical (unpaired) electrons. The van der Waals surface area contributed by atoms with E-state index in [-0.39, 0.29) is 5.91 Å². The molecule has 1 aliphatic rings. The van der Waals surface area contributed by atoms with Gasteiger partial charge in [0, 0.05) is 18.2 Å². The van der Waals surface area contributed by atoms with Crippen molar-refractivity contribution in [3.8, 4) is 5.69 Å². The largest absolute Gasteiger partial charge is 0.331 e. The maximum atomic E-state index is 13.1. The molecule has 1 heterocycles. The fraction of sp³-hybridized carbons (Fsp3) is 0.333. The summed E-state index contributed by atoms with van der Waals surface area (Å²) in [5.74, 6) is 0.590. The molecule has 138 valence electrons. The van der Waals surface area contributed by atoms with Gasteiger partial charge in [-0.25, -0.2) is 4.68 Å². The molecule has 1 aromatic heterocycles. The highest BCUT2D eigenvalue weighted by molar-refractivity contribution is 5.94. The Balaban J connectivity index is 1.51. The van der Waals surface area contributed by atoms with Gasteiger partial charge in [0.2, 0.25) is 0 Å². The SMILES string of the molecule is CC(C)c1ccc(CN(C(=O)c2ccc(-n3cnnn3)cc2)C2CC2)cc1. The predicted molar refractivity (Wildman–Crippen MR) is 103 cm³/mol. The lowest BCUT2D eigenvalue weighted by atomic mass is 10.0. The van der Waals surface area contributed by atoms with E-state index in [4.69, 9.17) is 0 Å². The molecule has 6 heteroatoms. The van der Waals surface area contributed by atoms with E-state index in [9.17, 15) is 4.79 Å². The van der Waals surface area contributed by atoms with Crippen molar-refractivity contribution in [1.29, 1.82) is 0 Å². The minimum Gasteiger partial charge on any atom is -0.331 e. The van der Waals surface area contributed by atoms with Crippen LogP contribution in [0.5, 0.6) is 0 Å². The smallest absolute Gasteiger partial charge is 0.254 e. The Kier molecular flexibility index (Phi) is 4.71. The number of carbonyl (C=O) groups is 1. The first-order valence-electron chi connectivity index (χ1n) is 9.35. The van der Waals surface area contributed by atoms with Gasteiger partial charge in [-0.05, 0) is 64.6 Å². The molecular formula is C21H23N5O. The van der Waals surface area contributed by atoms with Gasteiger partial charge in [-0.1, -0.05) is 38.1 Å². The summed E-state index contributed by atoms with van der Waals surface area (Å²) in [7, 11) is 0. The molecule has 0 atom stereocenters. The van der Waals surface area contributed by atoms with Crippen LogP contribution in [0.2, 0.25) is 0 Å². The molecule has 0 aliphatic heterocycles. The van der Waals surface area contributed by atoms with E-state index in [1.54, 1.807) is 4.68 Å². The van der Waals surface area contributed by atoms with E-state index in [2.05, 4.69) is 53.6 Å². The summed E-state index contributed by atoms with van der Waals surface area (Å²) in [6.07, 6.45) is 3.70. The third-order valence-electron chi connectivity index (χ3n) is 4.98. The Hall–Kier alpha value is -3.02. The highest BCUT2D eigenvalue weighted by Crippen LogP contribution is 2.30. The van der Waals surface area contributed by atoms with E-state index in [0.717, 1.165) is 18.5 Å². The first-order chi connectivity index (χ1) is 13.1. The van der Waals surface area contributed by atoms with Crippen LogP contribution in [-0.4, -0.2) is 37.1 Å². The third-order valence-corrected chi connectivity index (χ3v) is 4.98. The quantitative estimate of drug-likeness (QED) is 0.673. The lowest BCUT2D eigenvalue weighted by molar-refractivity contribution is 0.0730. The predicted octanol–water partition coefficient (Wildman–Crippen LogP) is 3.59. The zero-order valence-electron chi connectivity index (χ0n) is 15.6. The number of hydrogen-bond acceptors (Lipinski definition) is 4. The molecule has 1 fully saturated rings. The first kappa shape index (κ1) is 17.4. The fourth-order valence-electron chi connectivity index (χ4n) is 3.16. The molecule has 27 heavy (non-hydrogen) atoms. The van der Waals surface area contributed by atoms with Crippen molar-refractivity contribution >= 4 is 5.91 Å². The number of amides is 1. The first-order valence-corrected chi connectivity index (χ1v) is 9.35. The van der Waals surface area contributed by atoms with E-state index in [1.165, 1.54) is 17.5 Å². The van der Waals surface area contributed by atoms with Crippen LogP contribution < -0.4 is 0 Å². The Morgan fingerprint density at radius 3 is 2.37 bits per heavy atom. The monoisotopic (exact) mass is 361 g/mol. The minimum absolute atomic E-state index is 0.0775. The number of tetrazole rings is 1. The molecule has 0 saturated heterocycles. The molecule has 1 amide bonds. The summed E-state index contributed by atoms with van der Waals surface area (Å²) in [5, 5.41) is 11.1. The van der Waals surface area contributed by atoms with Crippen LogP contribution in [0, 0.1) is 0 Å². The van der Waals surface area contributed by atoms with Crippen molar-refractivity contribution < 1.29 is 4.79 Å². The molecule has 0 N–H and O–H groups in total. The minimum atomic E-state index is 0.0775. The molecule has 6 nitrogen and oxygen atoms in total. The van der Waals surface area contributed by atoms with Crippen LogP contribution in [0.4, 0.5) is 0 Å². The number of carbonyl (C=O) groups excluding carboxylic acids is 1. The van der Waals surface area contributed by atoms with Gasteiger partial charge < -0.3 is 4.90 Å². The highest BCUT2D eigenvalue weighted by Gasteiger charge is 2.33. The number of benzene rings is 2. The second-order valence-corrected chi connectivity index (χ2v) is 7.36. The summed E-state index contributed by atoms with van der Waals surface area (Å²) in [6, 6.07) is 16.4. The van der Waals surface area contributed by atoms with Crippen LogP contribution in [0.25, 0.3) is 5.69 Å². The molecule has 0 spiro atoms. The zero-order valence-corrected chi connectivity index (χ0v) is 15.6. The third kappa shape index (κ3) is 3.89. The molecule has 0 bridgehead atoms. The zero-order chi connectivity index (χ0) is 18.8. The van der Waals surface area contributed by atoms with Gasteiger partial charge in [0.15, 0.2) is 0 Å². The highest BCUT2D eigenvalue weighted by atomic mass is 16.2. The van der Waals surface area contributed by atoms with Crippen molar-refractivity contribution in [2.75, 3.05) is 0 Å². The van der Waals surface area contributed by atoms with Crippen molar-refractivity contribution in [1.82, 2.24) is 25.1 Å². The average Bonchev–Trinajstić information content (AvgIpc) is 3.39. The Bertz CT molecular complexity index is 897. The molecule has 1 aliphatic carbocycles. The van der Waals surface area contributed by atoms with Gasteiger partial charge in [-0.3, -0.25) is 4.79 Å². The van der Waals surface area contributed by atoms with E-state index >= 15 is 0 Å². The summed E-state index contributed by atoms with van der Waals surface area (Å²) in [6.45, 7) is 5.03. The van der Waals surface area contributed by atoms with E-state index in [1.807, 2.05) is 29.2 Å². The van der Waals surface area contributed by atoms with E-state index in [0.29, 0.717) is 24.1 Å². The normalized spacial score (nSPS) is 13.7. The summed E-state index contributed by atoms with van der Waals surface area (Å²) in [4.78, 5) is 15.1. The summed E-state index contributed by atoms with van der Waals surface area (Å²) >= 11 is 0. The number of hydrogen-bond donors (Lipinski definition) is 0. The maximum Gasteiger partial charge on any atom is 0.254 e. The summed E-state index contributed by atoms with van der Waals surface area (Å²) in [5.41, 5.74) is 4.02. The fourth-order valence-corrected chi connectivity index (χ4v) is 3.16. The standard InChI is InChI=1S/C21H23N5O/c1-15(2)17-5-3-16(4-6-17)13-25(19-11-12-19)21(27)18-7-9-20(10-8-18)26-14-22-23-24-26/h3-10,14-15,19H,11-13H2,1-2H3. The van der Waals surface area contributed by atoms with Gasteiger partial charge in [0.25, 0.3) is 5.91 Å². The van der Waals surface area contributed by atoms with Crippen LogP contribution >= 0.6 is 0 Å². The summed E-state index contributed by atoms with van der Waals surface area (Å²) < 4.78 is 1.57. The molecule has 2 aromatic carbocycles. The number of rotatable bonds is 6. The van der Waals surface area contributed by atoms with Crippen LogP contribution in [0.15, 0.2) is 54.9 Å². The maximum absolute atomic E-state index is 13.1. The molecule has 0 unspecified atom stereocenters. The second-order valence-electron chi connectivity index (χ2n) is 7.36. The van der Waals surface area contributed by atoms with Crippen molar-refractivity contribution in [2.24, 2.45) is 0 Å².